The summed E-state index contributed by atoms with van der Waals surface area (Å²) in [5.41, 5.74) is 1.29. The van der Waals surface area contributed by atoms with Crippen LogP contribution in [0.5, 0.6) is 17.2 Å². The fourth-order valence-electron chi connectivity index (χ4n) is 4.14. The Morgan fingerprint density at radius 2 is 1.79 bits per heavy atom. The van der Waals surface area contributed by atoms with E-state index in [-0.39, 0.29) is 16.6 Å². The lowest BCUT2D eigenvalue weighted by Gasteiger charge is -2.31. The predicted octanol–water partition coefficient (Wildman–Crippen LogP) is 3.71. The molecule has 1 saturated heterocycles. The molecule has 0 spiro atoms. The van der Waals surface area contributed by atoms with E-state index in [1.807, 2.05) is 0 Å². The van der Waals surface area contributed by atoms with Gasteiger partial charge in [-0.05, 0) is 54.2 Å². The van der Waals surface area contributed by atoms with Gasteiger partial charge in [0.15, 0.2) is 23.3 Å². The van der Waals surface area contributed by atoms with Crippen molar-refractivity contribution in [3.8, 4) is 28.4 Å². The molecule has 2 aromatic carbocycles. The fraction of sp³-hybridized carbons (Fsp3) is 0.333. The van der Waals surface area contributed by atoms with Crippen LogP contribution in [0.2, 0.25) is 0 Å². The van der Waals surface area contributed by atoms with Crippen molar-refractivity contribution in [1.82, 2.24) is 9.97 Å². The average Bonchev–Trinajstić information content (AvgIpc) is 3.17. The van der Waals surface area contributed by atoms with Gasteiger partial charge in [-0.15, -0.1) is 0 Å². The van der Waals surface area contributed by atoms with E-state index in [0.717, 1.165) is 25.9 Å². The van der Waals surface area contributed by atoms with Crippen molar-refractivity contribution >= 4 is 15.8 Å². The molecule has 2 aliphatic rings. The van der Waals surface area contributed by atoms with E-state index in [1.165, 1.54) is 12.1 Å². The molecule has 8 nitrogen and oxygen atoms in total. The van der Waals surface area contributed by atoms with Gasteiger partial charge >= 0.3 is 0 Å². The molecular weight excluding hydrogens is 461 g/mol. The summed E-state index contributed by atoms with van der Waals surface area (Å²) in [6, 6.07) is 9.53. The van der Waals surface area contributed by atoms with Crippen LogP contribution in [0, 0.1) is 11.7 Å². The largest absolute Gasteiger partial charge is 0.494 e. The number of piperidine rings is 1. The highest BCUT2D eigenvalue weighted by Gasteiger charge is 2.28. The number of aromatic nitrogens is 2. The molecule has 0 bridgehead atoms. The molecule has 0 N–H and O–H groups in total. The zero-order chi connectivity index (χ0) is 23.7. The van der Waals surface area contributed by atoms with E-state index in [9.17, 15) is 12.8 Å². The van der Waals surface area contributed by atoms with Crippen LogP contribution in [0.15, 0.2) is 53.7 Å². The number of benzene rings is 2. The second-order valence-corrected chi connectivity index (χ2v) is 10.3. The zero-order valence-electron chi connectivity index (χ0n) is 18.6. The van der Waals surface area contributed by atoms with Gasteiger partial charge < -0.3 is 19.1 Å². The molecule has 3 aromatic rings. The summed E-state index contributed by atoms with van der Waals surface area (Å²) >= 11 is 0. The number of hydrogen-bond donors (Lipinski definition) is 0. The molecular formula is C24H24FN3O5S. The average molecular weight is 486 g/mol. The minimum atomic E-state index is -3.39. The molecule has 2 aliphatic heterocycles. The highest BCUT2D eigenvalue weighted by Crippen LogP contribution is 2.36. The summed E-state index contributed by atoms with van der Waals surface area (Å²) in [5.74, 6) is 1.28. The Bertz CT molecular complexity index is 1290. The van der Waals surface area contributed by atoms with Gasteiger partial charge in [0.05, 0.1) is 26.1 Å². The highest BCUT2D eigenvalue weighted by molar-refractivity contribution is 7.91. The Hall–Kier alpha value is -3.40. The van der Waals surface area contributed by atoms with E-state index >= 15 is 0 Å². The van der Waals surface area contributed by atoms with Crippen molar-refractivity contribution in [2.75, 3.05) is 37.6 Å². The van der Waals surface area contributed by atoms with Gasteiger partial charge in [0.1, 0.15) is 10.6 Å². The molecule has 10 heteroatoms. The van der Waals surface area contributed by atoms with E-state index in [2.05, 4.69) is 14.9 Å². The molecule has 178 valence electrons. The number of methoxy groups -OCH3 is 1. The molecule has 3 heterocycles. The Morgan fingerprint density at radius 3 is 2.50 bits per heavy atom. The van der Waals surface area contributed by atoms with E-state index in [0.29, 0.717) is 41.1 Å². The number of anilines is 1. The van der Waals surface area contributed by atoms with Gasteiger partial charge in [0.2, 0.25) is 15.8 Å². The van der Waals surface area contributed by atoms with Crippen LogP contribution >= 0.6 is 0 Å². The number of nitrogens with zero attached hydrogens (tertiary/aromatic N) is 3. The molecule has 5 rings (SSSR count). The number of ether oxygens (including phenoxy) is 3. The summed E-state index contributed by atoms with van der Waals surface area (Å²) < 4.78 is 54.7. The van der Waals surface area contributed by atoms with Crippen molar-refractivity contribution in [2.24, 2.45) is 5.92 Å². The lowest BCUT2D eigenvalue weighted by atomic mass is 9.98. The van der Waals surface area contributed by atoms with Crippen molar-refractivity contribution in [1.29, 1.82) is 0 Å². The Morgan fingerprint density at radius 1 is 1.09 bits per heavy atom. The first-order valence-electron chi connectivity index (χ1n) is 11.0. The van der Waals surface area contributed by atoms with Gasteiger partial charge in [0, 0.05) is 13.1 Å². The number of sulfone groups is 1. The molecule has 0 atom stereocenters. The van der Waals surface area contributed by atoms with Crippen LogP contribution in [0.25, 0.3) is 11.1 Å². The maximum atomic E-state index is 14.7. The molecule has 0 aliphatic carbocycles. The summed E-state index contributed by atoms with van der Waals surface area (Å²) in [7, 11) is -1.81. The SMILES string of the molecule is COc1cnc(N2CCC(COc3ccc(-c4ccc5c(c4)OCS5(=O)=O)cc3F)CC2)nc1. The smallest absolute Gasteiger partial charge is 0.225 e. The topological polar surface area (TPSA) is 90.9 Å². The van der Waals surface area contributed by atoms with Crippen LogP contribution in [0.3, 0.4) is 0 Å². The Kier molecular flexibility index (Phi) is 5.99. The molecule has 34 heavy (non-hydrogen) atoms. The monoisotopic (exact) mass is 485 g/mol. The fourth-order valence-corrected chi connectivity index (χ4v) is 5.25. The van der Waals surface area contributed by atoms with Gasteiger partial charge in [-0.25, -0.2) is 22.8 Å². The highest BCUT2D eigenvalue weighted by atomic mass is 32.2. The maximum Gasteiger partial charge on any atom is 0.225 e. The standard InChI is InChI=1S/C24H24FN3O5S/c1-31-19-12-26-24(27-13-19)28-8-6-16(7-9-28)14-32-21-4-2-17(10-20(21)25)18-3-5-23-22(11-18)33-15-34(23,29)30/h2-5,10-13,16H,6-9,14-15H2,1H3. The zero-order valence-corrected chi connectivity index (χ0v) is 19.4. The van der Waals surface area contributed by atoms with Crippen molar-refractivity contribution in [2.45, 2.75) is 17.7 Å². The molecule has 0 unspecified atom stereocenters. The number of hydrogen-bond acceptors (Lipinski definition) is 8. The second kappa shape index (κ2) is 9.09. The van der Waals surface area contributed by atoms with Crippen molar-refractivity contribution < 1.29 is 27.0 Å². The molecule has 0 saturated carbocycles. The molecule has 0 amide bonds. The third-order valence-corrected chi connectivity index (χ3v) is 7.57. The van der Waals surface area contributed by atoms with Crippen LogP contribution < -0.4 is 19.1 Å². The second-order valence-electron chi connectivity index (χ2n) is 8.35. The van der Waals surface area contributed by atoms with Crippen molar-refractivity contribution in [3.05, 3.63) is 54.6 Å². The van der Waals surface area contributed by atoms with Gasteiger partial charge in [0.25, 0.3) is 0 Å². The Balaban J connectivity index is 1.18. The maximum absolute atomic E-state index is 14.7. The lowest BCUT2D eigenvalue weighted by molar-refractivity contribution is 0.215. The summed E-state index contributed by atoms with van der Waals surface area (Å²) in [4.78, 5) is 11.0. The summed E-state index contributed by atoms with van der Waals surface area (Å²) in [6.45, 7) is 2.04. The summed E-state index contributed by atoms with van der Waals surface area (Å²) in [6.07, 6.45) is 5.10. The van der Waals surface area contributed by atoms with Crippen molar-refractivity contribution in [3.63, 3.8) is 0 Å². The first-order valence-corrected chi connectivity index (χ1v) is 12.6. The number of fused-ring (bicyclic) bond motifs is 1. The Labute approximate surface area is 197 Å². The van der Waals surface area contributed by atoms with E-state index in [1.54, 1.807) is 43.8 Å². The van der Waals surface area contributed by atoms with Crippen LogP contribution in [-0.2, 0) is 9.84 Å². The summed E-state index contributed by atoms with van der Waals surface area (Å²) in [5, 5.41) is 0. The van der Waals surface area contributed by atoms with E-state index in [4.69, 9.17) is 14.2 Å². The minimum absolute atomic E-state index is 0.168. The third kappa shape index (κ3) is 4.50. The quantitative estimate of drug-likeness (QED) is 0.522. The van der Waals surface area contributed by atoms with E-state index < -0.39 is 15.7 Å². The van der Waals surface area contributed by atoms with Gasteiger partial charge in [-0.1, -0.05) is 12.1 Å². The lowest BCUT2D eigenvalue weighted by Crippen LogP contribution is -2.36. The van der Waals surface area contributed by atoms with Crippen LogP contribution in [0.1, 0.15) is 12.8 Å². The molecule has 1 fully saturated rings. The first-order chi connectivity index (χ1) is 16.4. The predicted molar refractivity (Wildman–Crippen MR) is 124 cm³/mol. The van der Waals surface area contributed by atoms with Gasteiger partial charge in [-0.3, -0.25) is 0 Å². The van der Waals surface area contributed by atoms with Gasteiger partial charge in [-0.2, -0.15) is 0 Å². The molecule has 0 radical (unpaired) electrons. The normalized spacial score (nSPS) is 17.2. The third-order valence-electron chi connectivity index (χ3n) is 6.14. The molecule has 1 aromatic heterocycles. The number of halogens is 1. The first kappa shape index (κ1) is 22.4. The minimum Gasteiger partial charge on any atom is -0.494 e. The van der Waals surface area contributed by atoms with Crippen LogP contribution in [-0.4, -0.2) is 51.1 Å². The van der Waals surface area contributed by atoms with Crippen LogP contribution in [0.4, 0.5) is 10.3 Å². The number of rotatable bonds is 6.